The van der Waals surface area contributed by atoms with Gasteiger partial charge in [-0.1, -0.05) is 109 Å². The largest absolute Gasteiger partial charge is 0.469 e. The molecular formula is C38H41NO5. The van der Waals surface area contributed by atoms with Gasteiger partial charge in [-0.25, -0.2) is 0 Å². The number of hydroxylamine groups is 1. The van der Waals surface area contributed by atoms with Gasteiger partial charge < -0.3 is 14.6 Å². The summed E-state index contributed by atoms with van der Waals surface area (Å²) in [5, 5.41) is 13.7. The van der Waals surface area contributed by atoms with E-state index < -0.39 is 6.10 Å². The fourth-order valence-corrected chi connectivity index (χ4v) is 6.04. The zero-order valence-electron chi connectivity index (χ0n) is 25.4. The molecule has 4 aromatic carbocycles. The number of fused-ring (bicyclic) bond motifs is 1. The fraction of sp³-hybridized carbons (Fsp3) is 0.289. The van der Waals surface area contributed by atoms with Crippen molar-refractivity contribution < 1.29 is 24.2 Å². The first kappa shape index (κ1) is 31.2. The van der Waals surface area contributed by atoms with Crippen LogP contribution < -0.4 is 5.48 Å². The molecular weight excluding hydrogens is 550 g/mol. The van der Waals surface area contributed by atoms with Crippen molar-refractivity contribution in [2.75, 3.05) is 14.2 Å². The molecule has 3 atom stereocenters. The molecule has 0 spiro atoms. The minimum absolute atomic E-state index is 0.0814. The van der Waals surface area contributed by atoms with E-state index in [0.717, 1.165) is 51.6 Å². The van der Waals surface area contributed by atoms with Crippen LogP contribution in [0.25, 0.3) is 27.6 Å². The number of carbonyl (C=O) groups is 1. The maximum absolute atomic E-state index is 11.5. The number of benzene rings is 4. The summed E-state index contributed by atoms with van der Waals surface area (Å²) in [7, 11) is 3.01. The molecule has 4 aromatic rings. The van der Waals surface area contributed by atoms with Crippen molar-refractivity contribution in [3.05, 3.63) is 126 Å². The molecule has 0 heterocycles. The molecule has 1 saturated carbocycles. The SMILES string of the molecule is CONC(=C1[C@H](O)C[C@H](OCc2ccc(-c3ccccc3)cc2)[C@@H]1CC=CCCCC(=O)OC)c1cccc2ccccc12. The van der Waals surface area contributed by atoms with Gasteiger partial charge in [0.05, 0.1) is 38.7 Å². The van der Waals surface area contributed by atoms with Crippen molar-refractivity contribution in [3.63, 3.8) is 0 Å². The Morgan fingerprint density at radius 3 is 2.39 bits per heavy atom. The van der Waals surface area contributed by atoms with Gasteiger partial charge in [-0.15, -0.1) is 0 Å². The number of carbonyl (C=O) groups excluding carboxylic acids is 1. The molecule has 5 rings (SSSR count). The fourth-order valence-electron chi connectivity index (χ4n) is 6.04. The smallest absolute Gasteiger partial charge is 0.305 e. The average Bonchev–Trinajstić information content (AvgIpc) is 3.38. The Labute approximate surface area is 259 Å². The van der Waals surface area contributed by atoms with Crippen LogP contribution in [0.1, 0.15) is 43.2 Å². The molecule has 6 heteroatoms. The molecule has 1 aliphatic carbocycles. The summed E-state index contributed by atoms with van der Waals surface area (Å²) in [5.74, 6) is -0.278. The van der Waals surface area contributed by atoms with Gasteiger partial charge in [-0.2, -0.15) is 0 Å². The summed E-state index contributed by atoms with van der Waals surface area (Å²) >= 11 is 0. The topological polar surface area (TPSA) is 77.0 Å². The Balaban J connectivity index is 1.41. The normalized spacial score (nSPS) is 19.4. The lowest BCUT2D eigenvalue weighted by Crippen LogP contribution is -2.22. The van der Waals surface area contributed by atoms with Crippen LogP contribution in [0.5, 0.6) is 0 Å². The third kappa shape index (κ3) is 7.64. The summed E-state index contributed by atoms with van der Waals surface area (Å²) in [6.07, 6.45) is 6.41. The van der Waals surface area contributed by atoms with Crippen LogP contribution in [-0.4, -0.2) is 37.5 Å². The van der Waals surface area contributed by atoms with Gasteiger partial charge in [-0.3, -0.25) is 15.1 Å². The van der Waals surface area contributed by atoms with Gasteiger partial charge in [0.1, 0.15) is 0 Å². The van der Waals surface area contributed by atoms with Crippen molar-refractivity contribution in [1.29, 1.82) is 0 Å². The van der Waals surface area contributed by atoms with Gasteiger partial charge in [0.25, 0.3) is 0 Å². The molecule has 228 valence electrons. The van der Waals surface area contributed by atoms with Gasteiger partial charge in [-0.05, 0) is 52.3 Å². The molecule has 44 heavy (non-hydrogen) atoms. The first-order chi connectivity index (χ1) is 21.6. The molecule has 1 aliphatic rings. The molecule has 6 nitrogen and oxygen atoms in total. The monoisotopic (exact) mass is 591 g/mol. The van der Waals surface area contributed by atoms with Gasteiger partial charge in [0.15, 0.2) is 0 Å². The van der Waals surface area contributed by atoms with E-state index in [9.17, 15) is 9.90 Å². The van der Waals surface area contributed by atoms with E-state index in [4.69, 9.17) is 14.3 Å². The zero-order valence-corrected chi connectivity index (χ0v) is 25.4. The van der Waals surface area contributed by atoms with Crippen LogP contribution in [0.2, 0.25) is 0 Å². The number of unbranched alkanes of at least 4 members (excludes halogenated alkanes) is 1. The lowest BCUT2D eigenvalue weighted by atomic mass is 9.90. The Kier molecular flexibility index (Phi) is 11.0. The molecule has 0 bridgehead atoms. The number of aliphatic hydroxyl groups is 1. The minimum Gasteiger partial charge on any atom is -0.469 e. The summed E-state index contributed by atoms with van der Waals surface area (Å²) in [6.45, 7) is 0.445. The molecule has 0 saturated heterocycles. The van der Waals surface area contributed by atoms with Crippen molar-refractivity contribution in [1.82, 2.24) is 5.48 Å². The number of methoxy groups -OCH3 is 1. The van der Waals surface area contributed by atoms with Crippen molar-refractivity contribution in [2.45, 2.75) is 50.9 Å². The summed E-state index contributed by atoms with van der Waals surface area (Å²) in [4.78, 5) is 17.0. The highest BCUT2D eigenvalue weighted by Gasteiger charge is 2.40. The van der Waals surface area contributed by atoms with Crippen molar-refractivity contribution in [2.24, 2.45) is 5.92 Å². The second-order valence-corrected chi connectivity index (χ2v) is 11.1. The first-order valence-electron chi connectivity index (χ1n) is 15.3. The number of aliphatic hydroxyl groups excluding tert-OH is 1. The predicted molar refractivity (Wildman–Crippen MR) is 175 cm³/mol. The highest BCUT2D eigenvalue weighted by molar-refractivity contribution is 5.94. The lowest BCUT2D eigenvalue weighted by molar-refractivity contribution is -0.140. The zero-order chi connectivity index (χ0) is 30.7. The van der Waals surface area contributed by atoms with E-state index in [-0.39, 0.29) is 18.0 Å². The van der Waals surface area contributed by atoms with Crippen molar-refractivity contribution >= 4 is 22.4 Å². The van der Waals surface area contributed by atoms with Crippen molar-refractivity contribution in [3.8, 4) is 11.1 Å². The Hall–Kier alpha value is -4.23. The number of ether oxygens (including phenoxy) is 2. The van der Waals surface area contributed by atoms with Crippen LogP contribution in [0.3, 0.4) is 0 Å². The summed E-state index contributed by atoms with van der Waals surface area (Å²) in [6, 6.07) is 33.2. The molecule has 0 radical (unpaired) electrons. The van der Waals surface area contributed by atoms with E-state index in [1.807, 2.05) is 36.4 Å². The average molecular weight is 592 g/mol. The summed E-state index contributed by atoms with van der Waals surface area (Å²) < 4.78 is 11.3. The lowest BCUT2D eigenvalue weighted by Gasteiger charge is -2.24. The number of nitrogens with one attached hydrogen (secondary N) is 1. The standard InChI is InChI=1S/C38H41NO5/c1-42-36(41)20-9-4-3-8-18-33-35(44-26-27-21-23-29(24-22-27)28-13-6-5-7-14-28)25-34(40)37(33)38(39-43-2)32-19-12-16-30-15-10-11-17-31(30)32/h3,5-8,10-17,19,21-24,33-35,39-40H,4,9,18,20,25-26H2,1-2H3/t33-,34+,35-/m0/s1. The van der Waals surface area contributed by atoms with E-state index in [2.05, 4.69) is 78.3 Å². The number of hydrogen-bond acceptors (Lipinski definition) is 6. The third-order valence-electron chi connectivity index (χ3n) is 8.28. The Bertz CT molecular complexity index is 1570. The molecule has 0 unspecified atom stereocenters. The minimum atomic E-state index is -0.699. The maximum atomic E-state index is 11.5. The number of hydrogen-bond donors (Lipinski definition) is 2. The summed E-state index contributed by atoms with van der Waals surface area (Å²) in [5.41, 5.74) is 9.19. The maximum Gasteiger partial charge on any atom is 0.305 e. The number of rotatable bonds is 13. The molecule has 0 aliphatic heterocycles. The van der Waals surface area contributed by atoms with Gasteiger partial charge >= 0.3 is 5.97 Å². The third-order valence-corrected chi connectivity index (χ3v) is 8.28. The Morgan fingerprint density at radius 2 is 1.61 bits per heavy atom. The quantitative estimate of drug-likeness (QED) is 0.0721. The van der Waals surface area contributed by atoms with E-state index in [1.54, 1.807) is 7.11 Å². The van der Waals surface area contributed by atoms with Gasteiger partial charge in [0.2, 0.25) is 0 Å². The molecule has 1 fully saturated rings. The van der Waals surface area contributed by atoms with Crippen LogP contribution in [0.15, 0.2) is 115 Å². The van der Waals surface area contributed by atoms with E-state index >= 15 is 0 Å². The highest BCUT2D eigenvalue weighted by Crippen LogP contribution is 2.42. The van der Waals surface area contributed by atoms with Gasteiger partial charge in [0, 0.05) is 24.3 Å². The molecule has 0 aromatic heterocycles. The number of esters is 1. The Morgan fingerprint density at radius 1 is 0.886 bits per heavy atom. The van der Waals surface area contributed by atoms with Crippen LogP contribution in [0.4, 0.5) is 0 Å². The highest BCUT2D eigenvalue weighted by atomic mass is 16.6. The van der Waals surface area contributed by atoms with E-state index in [1.165, 1.54) is 12.7 Å². The molecule has 0 amide bonds. The van der Waals surface area contributed by atoms with E-state index in [0.29, 0.717) is 25.9 Å². The number of allylic oxidation sites excluding steroid dienone is 2. The first-order valence-corrected chi connectivity index (χ1v) is 15.3. The van der Waals surface area contributed by atoms with Crippen LogP contribution >= 0.6 is 0 Å². The second kappa shape index (κ2) is 15.5. The molecule has 2 N–H and O–H groups in total. The predicted octanol–water partition coefficient (Wildman–Crippen LogP) is 7.62. The van der Waals surface area contributed by atoms with Crippen LogP contribution in [0, 0.1) is 5.92 Å². The van der Waals surface area contributed by atoms with Crippen LogP contribution in [-0.2, 0) is 25.7 Å². The second-order valence-electron chi connectivity index (χ2n) is 11.1.